The fourth-order valence-electron chi connectivity index (χ4n) is 3.23. The molecular weight excluding hydrogens is 352 g/mol. The summed E-state index contributed by atoms with van der Waals surface area (Å²) in [5, 5.41) is 10.8. The van der Waals surface area contributed by atoms with Gasteiger partial charge in [-0.3, -0.25) is 9.78 Å². The van der Waals surface area contributed by atoms with Crippen molar-refractivity contribution < 1.29 is 5.11 Å². The molecule has 6 nitrogen and oxygen atoms in total. The number of benzene rings is 2. The number of hydrogen-bond donors (Lipinski definition) is 2. The van der Waals surface area contributed by atoms with Gasteiger partial charge in [0.25, 0.3) is 5.56 Å². The van der Waals surface area contributed by atoms with Crippen molar-refractivity contribution >= 4 is 22.1 Å². The highest BCUT2D eigenvalue weighted by Gasteiger charge is 2.15. The molecule has 28 heavy (non-hydrogen) atoms. The molecule has 0 radical (unpaired) electrons. The van der Waals surface area contributed by atoms with Crippen molar-refractivity contribution in [3.63, 3.8) is 0 Å². The largest absolute Gasteiger partial charge is 0.503 e. The van der Waals surface area contributed by atoms with E-state index in [1.54, 1.807) is 6.20 Å². The quantitative estimate of drug-likeness (QED) is 0.494. The van der Waals surface area contributed by atoms with Crippen molar-refractivity contribution in [2.75, 3.05) is 0 Å². The molecule has 134 valence electrons. The van der Waals surface area contributed by atoms with E-state index in [9.17, 15) is 9.90 Å². The Kier molecular flexibility index (Phi) is 3.62. The standard InChI is InChI=1S/C22H14N4O2/c27-18-12-17-21(26-22(18)28)25-19(13-5-2-1-3-6-13)20(24-17)15-8-9-16-14(11-15)7-4-10-23-16/h1-12,27H,(H,25,26,28). The Bertz CT molecular complexity index is 1390. The molecule has 0 fully saturated rings. The highest BCUT2D eigenvalue weighted by atomic mass is 16.3. The van der Waals surface area contributed by atoms with Crippen molar-refractivity contribution in [1.29, 1.82) is 0 Å². The highest BCUT2D eigenvalue weighted by Crippen LogP contribution is 2.32. The van der Waals surface area contributed by atoms with Crippen LogP contribution < -0.4 is 5.56 Å². The molecule has 2 aromatic carbocycles. The predicted octanol–water partition coefficient (Wildman–Crippen LogP) is 3.91. The van der Waals surface area contributed by atoms with E-state index in [1.165, 1.54) is 6.07 Å². The first kappa shape index (κ1) is 16.1. The number of rotatable bonds is 2. The third-order valence-electron chi connectivity index (χ3n) is 4.58. The summed E-state index contributed by atoms with van der Waals surface area (Å²) in [6.45, 7) is 0. The molecule has 0 bridgehead atoms. The van der Waals surface area contributed by atoms with Crippen LogP contribution in [0.4, 0.5) is 0 Å². The Balaban J connectivity index is 1.84. The van der Waals surface area contributed by atoms with E-state index in [2.05, 4.69) is 15.0 Å². The molecule has 0 aliphatic heterocycles. The summed E-state index contributed by atoms with van der Waals surface area (Å²) in [4.78, 5) is 28.1. The minimum Gasteiger partial charge on any atom is -0.503 e. The van der Waals surface area contributed by atoms with E-state index in [4.69, 9.17) is 4.98 Å². The van der Waals surface area contributed by atoms with Crippen LogP contribution in [0.3, 0.4) is 0 Å². The van der Waals surface area contributed by atoms with E-state index in [0.29, 0.717) is 22.6 Å². The van der Waals surface area contributed by atoms with Gasteiger partial charge in [-0.15, -0.1) is 0 Å². The Labute approximate surface area is 159 Å². The topological polar surface area (TPSA) is 91.8 Å². The van der Waals surface area contributed by atoms with E-state index in [-0.39, 0.29) is 5.75 Å². The van der Waals surface area contributed by atoms with Crippen molar-refractivity contribution in [3.05, 3.63) is 83.3 Å². The number of aromatic amines is 1. The van der Waals surface area contributed by atoms with Crippen molar-refractivity contribution in [1.82, 2.24) is 19.9 Å². The molecule has 0 unspecified atom stereocenters. The van der Waals surface area contributed by atoms with Gasteiger partial charge >= 0.3 is 0 Å². The van der Waals surface area contributed by atoms with Crippen LogP contribution in [0.1, 0.15) is 0 Å². The summed E-state index contributed by atoms with van der Waals surface area (Å²) in [7, 11) is 0. The number of nitrogens with zero attached hydrogens (tertiary/aromatic N) is 3. The van der Waals surface area contributed by atoms with Crippen LogP contribution >= 0.6 is 0 Å². The molecule has 0 saturated carbocycles. The summed E-state index contributed by atoms with van der Waals surface area (Å²) in [6, 6.07) is 20.8. The maximum Gasteiger partial charge on any atom is 0.291 e. The SMILES string of the molecule is O=c1[nH]c2nc(-c3ccccc3)c(-c3ccc4ncccc4c3)nc2cc1O. The number of H-pyrrole nitrogens is 1. The molecule has 3 aromatic heterocycles. The van der Waals surface area contributed by atoms with Gasteiger partial charge in [-0.2, -0.15) is 0 Å². The third kappa shape index (κ3) is 2.68. The van der Waals surface area contributed by atoms with Crippen LogP contribution in [0, 0.1) is 0 Å². The number of fused-ring (bicyclic) bond motifs is 2. The second-order valence-corrected chi connectivity index (χ2v) is 6.42. The van der Waals surface area contributed by atoms with Gasteiger partial charge in [0.2, 0.25) is 0 Å². The number of aromatic hydroxyl groups is 1. The molecule has 0 spiro atoms. The molecule has 0 aliphatic rings. The normalized spacial score (nSPS) is 11.1. The Morgan fingerprint density at radius 3 is 2.46 bits per heavy atom. The van der Waals surface area contributed by atoms with Gasteiger partial charge in [-0.05, 0) is 18.2 Å². The fourth-order valence-corrected chi connectivity index (χ4v) is 3.23. The van der Waals surface area contributed by atoms with E-state index in [1.807, 2.05) is 60.7 Å². The number of nitrogens with one attached hydrogen (secondary N) is 1. The monoisotopic (exact) mass is 366 g/mol. The number of hydrogen-bond acceptors (Lipinski definition) is 5. The summed E-state index contributed by atoms with van der Waals surface area (Å²) in [5.74, 6) is -0.386. The molecular formula is C22H14N4O2. The molecule has 0 atom stereocenters. The first-order valence-corrected chi connectivity index (χ1v) is 8.74. The molecule has 0 saturated heterocycles. The van der Waals surface area contributed by atoms with Gasteiger partial charge in [-0.1, -0.05) is 42.5 Å². The Morgan fingerprint density at radius 1 is 0.786 bits per heavy atom. The Morgan fingerprint density at radius 2 is 1.61 bits per heavy atom. The predicted molar refractivity (Wildman–Crippen MR) is 108 cm³/mol. The Hall–Kier alpha value is -4.06. The average Bonchev–Trinajstić information content (AvgIpc) is 2.74. The lowest BCUT2D eigenvalue weighted by molar-refractivity contribution is 0.467. The van der Waals surface area contributed by atoms with Gasteiger partial charge in [0, 0.05) is 28.8 Å². The summed E-state index contributed by atoms with van der Waals surface area (Å²) >= 11 is 0. The molecule has 3 heterocycles. The van der Waals surface area contributed by atoms with Gasteiger partial charge in [-0.25, -0.2) is 9.97 Å². The lowest BCUT2D eigenvalue weighted by Crippen LogP contribution is -2.07. The summed E-state index contributed by atoms with van der Waals surface area (Å²) in [5.41, 5.74) is 4.11. The van der Waals surface area contributed by atoms with Gasteiger partial charge in [0.15, 0.2) is 11.4 Å². The number of pyridine rings is 2. The molecule has 5 rings (SSSR count). The van der Waals surface area contributed by atoms with Gasteiger partial charge < -0.3 is 10.1 Å². The maximum absolute atomic E-state index is 11.8. The summed E-state index contributed by atoms with van der Waals surface area (Å²) in [6.07, 6.45) is 1.76. The van der Waals surface area contributed by atoms with E-state index in [0.717, 1.165) is 22.0 Å². The van der Waals surface area contributed by atoms with E-state index < -0.39 is 5.56 Å². The van der Waals surface area contributed by atoms with Crippen LogP contribution in [0.25, 0.3) is 44.6 Å². The first-order valence-electron chi connectivity index (χ1n) is 8.74. The average molecular weight is 366 g/mol. The van der Waals surface area contributed by atoms with Crippen LogP contribution in [-0.2, 0) is 0 Å². The van der Waals surface area contributed by atoms with Gasteiger partial charge in [0.1, 0.15) is 5.52 Å². The molecule has 6 heteroatoms. The van der Waals surface area contributed by atoms with Crippen LogP contribution in [0.2, 0.25) is 0 Å². The van der Waals surface area contributed by atoms with Crippen LogP contribution in [0.15, 0.2) is 77.7 Å². The smallest absolute Gasteiger partial charge is 0.291 e. The molecule has 0 amide bonds. The van der Waals surface area contributed by atoms with Crippen molar-refractivity contribution in [2.45, 2.75) is 0 Å². The van der Waals surface area contributed by atoms with Crippen molar-refractivity contribution in [3.8, 4) is 28.3 Å². The summed E-state index contributed by atoms with van der Waals surface area (Å²) < 4.78 is 0. The van der Waals surface area contributed by atoms with Crippen LogP contribution in [0.5, 0.6) is 5.75 Å². The number of aromatic nitrogens is 4. The molecule has 0 aliphatic carbocycles. The zero-order chi connectivity index (χ0) is 19.1. The molecule has 5 aromatic rings. The third-order valence-corrected chi connectivity index (χ3v) is 4.58. The first-order chi connectivity index (χ1) is 13.7. The van der Waals surface area contributed by atoms with E-state index >= 15 is 0 Å². The van der Waals surface area contributed by atoms with Crippen LogP contribution in [-0.4, -0.2) is 25.0 Å². The molecule has 2 N–H and O–H groups in total. The minimum absolute atomic E-state index is 0.327. The highest BCUT2D eigenvalue weighted by molar-refractivity contribution is 5.89. The lowest BCUT2D eigenvalue weighted by Gasteiger charge is -2.11. The second-order valence-electron chi connectivity index (χ2n) is 6.42. The zero-order valence-corrected chi connectivity index (χ0v) is 14.6. The van der Waals surface area contributed by atoms with Crippen molar-refractivity contribution in [2.24, 2.45) is 0 Å². The van der Waals surface area contributed by atoms with Gasteiger partial charge in [0.05, 0.1) is 16.9 Å². The second kappa shape index (κ2) is 6.28. The zero-order valence-electron chi connectivity index (χ0n) is 14.6. The maximum atomic E-state index is 11.8. The minimum atomic E-state index is -0.592. The fraction of sp³-hybridized carbons (Fsp3) is 0. The lowest BCUT2D eigenvalue weighted by atomic mass is 10.0.